The van der Waals surface area contributed by atoms with Crippen molar-refractivity contribution in [1.29, 1.82) is 0 Å². The highest BCUT2D eigenvalue weighted by Gasteiger charge is 2.44. The molecule has 0 fully saturated rings. The van der Waals surface area contributed by atoms with Gasteiger partial charge >= 0.3 is 35.8 Å². The first-order chi connectivity index (χ1) is 13.8. The maximum absolute atomic E-state index is 11.7. The molecular formula is C18H26O12. The molecule has 0 N–H and O–H groups in total. The summed E-state index contributed by atoms with van der Waals surface area (Å²) in [4.78, 5) is 68.8. The van der Waals surface area contributed by atoms with E-state index in [-0.39, 0.29) is 0 Å². The van der Waals surface area contributed by atoms with Crippen molar-refractivity contribution < 1.29 is 57.2 Å². The third-order valence-corrected chi connectivity index (χ3v) is 3.20. The highest BCUT2D eigenvalue weighted by atomic mass is 16.6. The summed E-state index contributed by atoms with van der Waals surface area (Å²) in [5.74, 6) is -4.84. The van der Waals surface area contributed by atoms with E-state index >= 15 is 0 Å². The SMILES string of the molecule is CC(=O)OC[C@H](OC(C)=O)[C@@H](OC(C)=O)[C@@H](OC(C)=O)[C@@H](COC(C)=O)OC(C)=O. The van der Waals surface area contributed by atoms with Crippen LogP contribution >= 0.6 is 0 Å². The van der Waals surface area contributed by atoms with Gasteiger partial charge in [-0.15, -0.1) is 0 Å². The van der Waals surface area contributed by atoms with Crippen LogP contribution in [0.5, 0.6) is 0 Å². The molecule has 0 radical (unpaired) electrons. The van der Waals surface area contributed by atoms with Crippen LogP contribution in [0, 0.1) is 0 Å². The summed E-state index contributed by atoms with van der Waals surface area (Å²) in [7, 11) is 0. The Hall–Kier alpha value is -3.18. The Kier molecular flexibility index (Phi) is 11.7. The minimum absolute atomic E-state index is 0.565. The van der Waals surface area contributed by atoms with E-state index in [1.54, 1.807) is 0 Å². The van der Waals surface area contributed by atoms with Crippen LogP contribution in [0.15, 0.2) is 0 Å². The predicted octanol–water partition coefficient (Wildman–Crippen LogP) is -0.161. The van der Waals surface area contributed by atoms with Gasteiger partial charge in [-0.25, -0.2) is 0 Å². The lowest BCUT2D eigenvalue weighted by Gasteiger charge is -2.35. The number of ether oxygens (including phenoxy) is 6. The molecule has 0 heterocycles. The number of rotatable bonds is 11. The monoisotopic (exact) mass is 434 g/mol. The Labute approximate surface area is 173 Å². The topological polar surface area (TPSA) is 158 Å². The van der Waals surface area contributed by atoms with Crippen LogP contribution in [0.25, 0.3) is 0 Å². The second kappa shape index (κ2) is 13.1. The molecule has 0 amide bonds. The molecule has 12 heteroatoms. The van der Waals surface area contributed by atoms with E-state index in [4.69, 9.17) is 28.4 Å². The molecule has 170 valence electrons. The van der Waals surface area contributed by atoms with Crippen LogP contribution < -0.4 is 0 Å². The second-order valence-corrected chi connectivity index (χ2v) is 6.05. The van der Waals surface area contributed by atoms with Crippen LogP contribution in [-0.4, -0.2) is 73.4 Å². The van der Waals surface area contributed by atoms with Gasteiger partial charge in [0.15, 0.2) is 24.4 Å². The van der Waals surface area contributed by atoms with E-state index in [1.165, 1.54) is 0 Å². The first-order valence-electron chi connectivity index (χ1n) is 8.79. The molecule has 0 aliphatic carbocycles. The van der Waals surface area contributed by atoms with Gasteiger partial charge in [0.25, 0.3) is 0 Å². The zero-order valence-corrected chi connectivity index (χ0v) is 17.6. The number of esters is 6. The van der Waals surface area contributed by atoms with E-state index in [0.717, 1.165) is 41.5 Å². The molecule has 0 spiro atoms. The lowest BCUT2D eigenvalue weighted by atomic mass is 10.0. The summed E-state index contributed by atoms with van der Waals surface area (Å²) in [5, 5.41) is 0. The summed E-state index contributed by atoms with van der Waals surface area (Å²) in [6.45, 7) is 5.22. The van der Waals surface area contributed by atoms with E-state index in [9.17, 15) is 28.8 Å². The average molecular weight is 434 g/mol. The van der Waals surface area contributed by atoms with E-state index < -0.39 is 73.4 Å². The van der Waals surface area contributed by atoms with Crippen molar-refractivity contribution in [3.63, 3.8) is 0 Å². The molecule has 0 saturated heterocycles. The van der Waals surface area contributed by atoms with Gasteiger partial charge in [0.2, 0.25) is 0 Å². The summed E-state index contributed by atoms with van der Waals surface area (Å²) in [6.07, 6.45) is -6.02. The summed E-state index contributed by atoms with van der Waals surface area (Å²) < 4.78 is 30.2. The lowest BCUT2D eigenvalue weighted by molar-refractivity contribution is -0.206. The highest BCUT2D eigenvalue weighted by molar-refractivity contribution is 5.69. The fraction of sp³-hybridized carbons (Fsp3) is 0.667. The van der Waals surface area contributed by atoms with Crippen LogP contribution in [0.4, 0.5) is 0 Å². The zero-order chi connectivity index (χ0) is 23.4. The van der Waals surface area contributed by atoms with Gasteiger partial charge in [-0.05, 0) is 0 Å². The first kappa shape index (κ1) is 26.8. The van der Waals surface area contributed by atoms with Crippen molar-refractivity contribution in [1.82, 2.24) is 0 Å². The van der Waals surface area contributed by atoms with Crippen LogP contribution in [-0.2, 0) is 57.2 Å². The van der Waals surface area contributed by atoms with Gasteiger partial charge in [-0.1, -0.05) is 0 Å². The smallest absolute Gasteiger partial charge is 0.303 e. The molecule has 0 unspecified atom stereocenters. The number of carbonyl (C=O) groups excluding carboxylic acids is 6. The largest absolute Gasteiger partial charge is 0.462 e. The molecule has 12 nitrogen and oxygen atoms in total. The molecule has 0 aliphatic rings. The summed E-state index contributed by atoms with van der Waals surface area (Å²) in [5.41, 5.74) is 0. The quantitative estimate of drug-likeness (QED) is 0.313. The van der Waals surface area contributed by atoms with Crippen molar-refractivity contribution in [3.8, 4) is 0 Å². The Morgan fingerprint density at radius 3 is 0.933 bits per heavy atom. The van der Waals surface area contributed by atoms with Crippen LogP contribution in [0.2, 0.25) is 0 Å². The number of hydrogen-bond donors (Lipinski definition) is 0. The Bertz CT molecular complexity index is 600. The predicted molar refractivity (Wildman–Crippen MR) is 95.5 cm³/mol. The molecule has 4 atom stereocenters. The molecule has 0 aromatic carbocycles. The van der Waals surface area contributed by atoms with Gasteiger partial charge < -0.3 is 28.4 Å². The number of hydrogen-bond acceptors (Lipinski definition) is 12. The summed E-state index contributed by atoms with van der Waals surface area (Å²) >= 11 is 0. The molecule has 0 aliphatic heterocycles. The Morgan fingerprint density at radius 1 is 0.467 bits per heavy atom. The van der Waals surface area contributed by atoms with Crippen LogP contribution in [0.3, 0.4) is 0 Å². The average Bonchev–Trinajstić information content (AvgIpc) is 2.57. The molecule has 0 rings (SSSR count). The Balaban J connectivity index is 6.19. The third-order valence-electron chi connectivity index (χ3n) is 3.20. The third kappa shape index (κ3) is 11.6. The highest BCUT2D eigenvalue weighted by Crippen LogP contribution is 2.20. The Morgan fingerprint density at radius 2 is 0.733 bits per heavy atom. The van der Waals surface area contributed by atoms with E-state index in [1.807, 2.05) is 0 Å². The maximum atomic E-state index is 11.7. The van der Waals surface area contributed by atoms with E-state index in [0.29, 0.717) is 0 Å². The minimum atomic E-state index is -1.57. The van der Waals surface area contributed by atoms with Crippen molar-refractivity contribution in [2.24, 2.45) is 0 Å². The molecule has 0 aromatic heterocycles. The van der Waals surface area contributed by atoms with Crippen molar-refractivity contribution in [2.75, 3.05) is 13.2 Å². The van der Waals surface area contributed by atoms with Gasteiger partial charge in [0.1, 0.15) is 13.2 Å². The van der Waals surface area contributed by atoms with Crippen LogP contribution in [0.1, 0.15) is 41.5 Å². The van der Waals surface area contributed by atoms with E-state index in [2.05, 4.69) is 0 Å². The fourth-order valence-corrected chi connectivity index (χ4v) is 2.31. The molecular weight excluding hydrogens is 408 g/mol. The van der Waals surface area contributed by atoms with Gasteiger partial charge in [-0.3, -0.25) is 28.8 Å². The zero-order valence-electron chi connectivity index (χ0n) is 17.6. The lowest BCUT2D eigenvalue weighted by Crippen LogP contribution is -2.54. The fourth-order valence-electron chi connectivity index (χ4n) is 2.31. The van der Waals surface area contributed by atoms with Gasteiger partial charge in [0, 0.05) is 41.5 Å². The maximum Gasteiger partial charge on any atom is 0.303 e. The number of carbonyl (C=O) groups is 6. The normalized spacial score (nSPS) is 14.2. The molecule has 0 saturated carbocycles. The van der Waals surface area contributed by atoms with Crippen molar-refractivity contribution in [2.45, 2.75) is 66.0 Å². The first-order valence-corrected chi connectivity index (χ1v) is 8.79. The van der Waals surface area contributed by atoms with Gasteiger partial charge in [0.05, 0.1) is 0 Å². The second-order valence-electron chi connectivity index (χ2n) is 6.05. The molecule has 0 aromatic rings. The van der Waals surface area contributed by atoms with Crippen molar-refractivity contribution in [3.05, 3.63) is 0 Å². The summed E-state index contributed by atoms with van der Waals surface area (Å²) in [6, 6.07) is 0. The van der Waals surface area contributed by atoms with Gasteiger partial charge in [-0.2, -0.15) is 0 Å². The van der Waals surface area contributed by atoms with Crippen molar-refractivity contribution >= 4 is 35.8 Å². The minimum Gasteiger partial charge on any atom is -0.462 e. The molecule has 0 bridgehead atoms. The molecule has 30 heavy (non-hydrogen) atoms. The standard InChI is InChI=1S/C18H26O12/c1-9(19)25-7-15(27-11(3)21)17(29-13(5)23)18(30-14(6)24)16(28-12(4)22)8-26-10(2)20/h15-18H,7-8H2,1-6H3/t15-,16+,17+,18-.